The maximum atomic E-state index is 12.6. The SMILES string of the molecule is COc1cc(OC)nc(NC(=O)NS(=O)(=O)c2sccc2C2OCCO2)n1. The second-order valence-corrected chi connectivity index (χ2v) is 7.87. The zero-order valence-electron chi connectivity index (χ0n) is 14.3. The molecular formula is C14H16N4O7S2. The maximum Gasteiger partial charge on any atom is 0.335 e. The molecule has 2 aromatic heterocycles. The molecule has 3 rings (SSSR count). The number of carbonyl (C=O) groups excluding carboxylic acids is 1. The Kier molecular flexibility index (Phi) is 5.74. The van der Waals surface area contributed by atoms with Crippen LogP contribution in [0, 0.1) is 0 Å². The van der Waals surface area contributed by atoms with Gasteiger partial charge in [0.15, 0.2) is 6.29 Å². The average Bonchev–Trinajstić information content (AvgIpc) is 3.31. The van der Waals surface area contributed by atoms with Crippen molar-refractivity contribution in [3.8, 4) is 11.8 Å². The Hall–Kier alpha value is -2.48. The van der Waals surface area contributed by atoms with E-state index in [1.54, 1.807) is 11.4 Å². The van der Waals surface area contributed by atoms with E-state index in [0.717, 1.165) is 11.3 Å². The first-order valence-electron chi connectivity index (χ1n) is 7.54. The molecule has 1 fully saturated rings. The van der Waals surface area contributed by atoms with Crippen LogP contribution in [-0.2, 0) is 19.5 Å². The van der Waals surface area contributed by atoms with Crippen LogP contribution in [0.1, 0.15) is 11.9 Å². The third-order valence-corrected chi connectivity index (χ3v) is 6.17. The predicted molar refractivity (Wildman–Crippen MR) is 93.4 cm³/mol. The second-order valence-electron chi connectivity index (χ2n) is 5.07. The van der Waals surface area contributed by atoms with E-state index in [0.29, 0.717) is 18.8 Å². The van der Waals surface area contributed by atoms with Gasteiger partial charge in [-0.1, -0.05) is 0 Å². The number of aromatic nitrogens is 2. The summed E-state index contributed by atoms with van der Waals surface area (Å²) in [6, 6.07) is 1.93. The summed E-state index contributed by atoms with van der Waals surface area (Å²) < 4.78 is 47.5. The van der Waals surface area contributed by atoms with E-state index in [-0.39, 0.29) is 21.9 Å². The lowest BCUT2D eigenvalue weighted by Gasteiger charge is -2.12. The van der Waals surface area contributed by atoms with E-state index in [2.05, 4.69) is 15.3 Å². The molecule has 1 saturated heterocycles. The number of carbonyl (C=O) groups is 1. The van der Waals surface area contributed by atoms with Crippen LogP contribution in [0.5, 0.6) is 11.8 Å². The van der Waals surface area contributed by atoms with E-state index in [1.807, 2.05) is 4.72 Å². The first-order chi connectivity index (χ1) is 12.9. The molecule has 3 heterocycles. The molecule has 2 amide bonds. The number of methoxy groups -OCH3 is 2. The molecule has 0 spiro atoms. The quantitative estimate of drug-likeness (QED) is 0.709. The van der Waals surface area contributed by atoms with Gasteiger partial charge < -0.3 is 18.9 Å². The first-order valence-corrected chi connectivity index (χ1v) is 9.90. The smallest absolute Gasteiger partial charge is 0.335 e. The number of sulfonamides is 1. The number of nitrogens with one attached hydrogen (secondary N) is 2. The molecule has 2 N–H and O–H groups in total. The number of amides is 2. The summed E-state index contributed by atoms with van der Waals surface area (Å²) >= 11 is 0.942. The summed E-state index contributed by atoms with van der Waals surface area (Å²) in [6.45, 7) is 0.728. The number of anilines is 1. The highest BCUT2D eigenvalue weighted by molar-refractivity contribution is 7.92. The number of hydrogen-bond acceptors (Lipinski definition) is 10. The molecule has 0 radical (unpaired) electrons. The topological polar surface area (TPSA) is 138 Å². The van der Waals surface area contributed by atoms with Crippen molar-refractivity contribution < 1.29 is 32.2 Å². The highest BCUT2D eigenvalue weighted by Gasteiger charge is 2.30. The van der Waals surface area contributed by atoms with Crippen LogP contribution in [0.4, 0.5) is 10.7 Å². The minimum absolute atomic E-state index is 0.0753. The molecule has 1 aliphatic heterocycles. The Labute approximate surface area is 158 Å². The van der Waals surface area contributed by atoms with Gasteiger partial charge >= 0.3 is 6.03 Å². The lowest BCUT2D eigenvalue weighted by atomic mass is 10.3. The van der Waals surface area contributed by atoms with Crippen LogP contribution in [0.3, 0.4) is 0 Å². The van der Waals surface area contributed by atoms with Crippen LogP contribution in [-0.4, -0.2) is 51.9 Å². The highest BCUT2D eigenvalue weighted by atomic mass is 32.2. The Morgan fingerprint density at radius 2 is 1.85 bits per heavy atom. The fourth-order valence-corrected chi connectivity index (χ4v) is 4.50. The number of nitrogens with zero attached hydrogens (tertiary/aromatic N) is 2. The summed E-state index contributed by atoms with van der Waals surface area (Å²) in [7, 11) is -1.40. The Balaban J connectivity index is 1.75. The van der Waals surface area contributed by atoms with Gasteiger partial charge in [-0.3, -0.25) is 5.32 Å². The average molecular weight is 416 g/mol. The summed E-state index contributed by atoms with van der Waals surface area (Å²) in [4.78, 5) is 19.9. The number of urea groups is 1. The van der Waals surface area contributed by atoms with Crippen LogP contribution < -0.4 is 19.5 Å². The van der Waals surface area contributed by atoms with Crippen molar-refractivity contribution in [3.63, 3.8) is 0 Å². The third-order valence-electron chi connectivity index (χ3n) is 3.33. The number of ether oxygens (including phenoxy) is 4. The van der Waals surface area contributed by atoms with E-state index in [9.17, 15) is 13.2 Å². The highest BCUT2D eigenvalue weighted by Crippen LogP contribution is 2.32. The molecular weight excluding hydrogens is 400 g/mol. The Bertz CT molecular complexity index is 903. The minimum Gasteiger partial charge on any atom is -0.481 e. The first kappa shape index (κ1) is 19.3. The van der Waals surface area contributed by atoms with Crippen molar-refractivity contribution >= 4 is 33.3 Å². The standard InChI is InChI=1S/C14H16N4O7S2/c1-22-9-7-10(23-2)16-13(15-9)17-14(19)18-27(20,21)12-8(3-6-26-12)11-24-4-5-25-11/h3,6-7,11H,4-5H2,1-2H3,(H2,15,16,17,18,19). The van der Waals surface area contributed by atoms with Gasteiger partial charge in [-0.15, -0.1) is 11.3 Å². The van der Waals surface area contributed by atoms with Gasteiger partial charge in [0.05, 0.1) is 33.5 Å². The lowest BCUT2D eigenvalue weighted by Crippen LogP contribution is -2.35. The predicted octanol–water partition coefficient (Wildman–Crippen LogP) is 1.11. The summed E-state index contributed by atoms with van der Waals surface area (Å²) in [5.41, 5.74) is 0.331. The minimum atomic E-state index is -4.16. The van der Waals surface area contributed by atoms with Crippen LogP contribution in [0.2, 0.25) is 0 Å². The Morgan fingerprint density at radius 3 is 2.44 bits per heavy atom. The fraction of sp³-hybridized carbons (Fsp3) is 0.357. The maximum absolute atomic E-state index is 12.6. The third kappa shape index (κ3) is 4.44. The molecule has 13 heteroatoms. The molecule has 27 heavy (non-hydrogen) atoms. The Morgan fingerprint density at radius 1 is 1.22 bits per heavy atom. The number of hydrogen-bond donors (Lipinski definition) is 2. The number of thiophene rings is 1. The van der Waals surface area contributed by atoms with Crippen molar-refractivity contribution in [1.82, 2.24) is 14.7 Å². The van der Waals surface area contributed by atoms with Gasteiger partial charge in [0, 0.05) is 5.56 Å². The molecule has 0 aromatic carbocycles. The lowest BCUT2D eigenvalue weighted by molar-refractivity contribution is -0.0456. The van der Waals surface area contributed by atoms with Crippen LogP contribution >= 0.6 is 11.3 Å². The second kappa shape index (κ2) is 8.04. The van der Waals surface area contributed by atoms with E-state index in [1.165, 1.54) is 20.3 Å². The monoisotopic (exact) mass is 416 g/mol. The van der Waals surface area contributed by atoms with E-state index >= 15 is 0 Å². The van der Waals surface area contributed by atoms with E-state index in [4.69, 9.17) is 18.9 Å². The van der Waals surface area contributed by atoms with E-state index < -0.39 is 22.3 Å². The molecule has 0 bridgehead atoms. The van der Waals surface area contributed by atoms with Gasteiger partial charge in [0.1, 0.15) is 4.21 Å². The molecule has 1 aliphatic rings. The zero-order chi connectivity index (χ0) is 19.4. The van der Waals surface area contributed by atoms with Crippen molar-refractivity contribution in [1.29, 1.82) is 0 Å². The van der Waals surface area contributed by atoms with Gasteiger partial charge in [0.2, 0.25) is 17.7 Å². The number of rotatable bonds is 6. The van der Waals surface area contributed by atoms with Crippen molar-refractivity contribution in [2.45, 2.75) is 10.5 Å². The molecule has 0 unspecified atom stereocenters. The molecule has 11 nitrogen and oxygen atoms in total. The molecule has 0 aliphatic carbocycles. The largest absolute Gasteiger partial charge is 0.481 e. The summed E-state index contributed by atoms with van der Waals surface area (Å²) in [6.07, 6.45) is -0.781. The van der Waals surface area contributed by atoms with Crippen LogP contribution in [0.15, 0.2) is 21.7 Å². The molecule has 0 atom stereocenters. The fourth-order valence-electron chi connectivity index (χ4n) is 2.20. The van der Waals surface area contributed by atoms with Crippen molar-refractivity contribution in [3.05, 3.63) is 23.1 Å². The summed E-state index contributed by atoms with van der Waals surface area (Å²) in [5, 5.41) is 3.80. The molecule has 2 aromatic rings. The molecule has 0 saturated carbocycles. The van der Waals surface area contributed by atoms with Gasteiger partial charge in [-0.2, -0.15) is 9.97 Å². The van der Waals surface area contributed by atoms with Gasteiger partial charge in [-0.05, 0) is 11.4 Å². The van der Waals surface area contributed by atoms with Crippen molar-refractivity contribution in [2.75, 3.05) is 32.8 Å². The summed E-state index contributed by atoms with van der Waals surface area (Å²) in [5.74, 6) is 0.0833. The molecule has 146 valence electrons. The van der Waals surface area contributed by atoms with Gasteiger partial charge in [0.25, 0.3) is 10.0 Å². The normalized spacial score (nSPS) is 14.7. The van der Waals surface area contributed by atoms with Crippen molar-refractivity contribution in [2.24, 2.45) is 0 Å². The zero-order valence-corrected chi connectivity index (χ0v) is 15.9. The van der Waals surface area contributed by atoms with Gasteiger partial charge in [-0.25, -0.2) is 17.9 Å². The van der Waals surface area contributed by atoms with Crippen LogP contribution in [0.25, 0.3) is 0 Å².